The zero-order valence-corrected chi connectivity index (χ0v) is 14.8. The minimum absolute atomic E-state index is 0.0461. The molecule has 0 aromatic heterocycles. The second-order valence-electron chi connectivity index (χ2n) is 9.17. The Balaban J connectivity index is 1.65. The van der Waals surface area contributed by atoms with E-state index >= 15 is 0 Å². The number of carbonyl (C=O) groups is 2. The largest absolute Gasteiger partial charge is 0.374 e. The summed E-state index contributed by atoms with van der Waals surface area (Å²) in [4.78, 5) is 24.7. The van der Waals surface area contributed by atoms with Crippen molar-refractivity contribution in [1.82, 2.24) is 0 Å². The topological polar surface area (TPSA) is 43.4 Å². The predicted molar refractivity (Wildman–Crippen MR) is 87.9 cm³/mol. The Morgan fingerprint density at radius 3 is 2.57 bits per heavy atom. The zero-order chi connectivity index (χ0) is 16.4. The molecule has 0 spiro atoms. The number of fused-ring (bicyclic) bond motifs is 5. The first-order valence-electron chi connectivity index (χ1n) is 9.49. The Morgan fingerprint density at radius 1 is 1.04 bits per heavy atom. The van der Waals surface area contributed by atoms with Gasteiger partial charge in [0, 0.05) is 25.4 Å². The van der Waals surface area contributed by atoms with Crippen LogP contribution < -0.4 is 0 Å². The molecule has 0 aliphatic heterocycles. The van der Waals surface area contributed by atoms with Gasteiger partial charge in [-0.3, -0.25) is 9.59 Å². The fraction of sp³-hybridized carbons (Fsp3) is 0.900. The van der Waals surface area contributed by atoms with Crippen LogP contribution in [0.2, 0.25) is 0 Å². The first kappa shape index (κ1) is 15.8. The Kier molecular flexibility index (Phi) is 3.54. The van der Waals surface area contributed by atoms with E-state index in [2.05, 4.69) is 13.8 Å². The molecule has 0 aromatic carbocycles. The van der Waals surface area contributed by atoms with E-state index in [1.807, 2.05) is 0 Å². The molecule has 128 valence electrons. The highest BCUT2D eigenvalue weighted by Gasteiger charge is 2.61. The van der Waals surface area contributed by atoms with Gasteiger partial charge in [0.05, 0.1) is 0 Å². The van der Waals surface area contributed by atoms with Gasteiger partial charge >= 0.3 is 0 Å². The summed E-state index contributed by atoms with van der Waals surface area (Å²) in [7, 11) is 1.68. The van der Waals surface area contributed by atoms with Crippen LogP contribution >= 0.6 is 0 Å². The lowest BCUT2D eigenvalue weighted by Gasteiger charge is -2.59. The van der Waals surface area contributed by atoms with Crippen LogP contribution in [0.4, 0.5) is 0 Å². The minimum Gasteiger partial charge on any atom is -0.374 e. The van der Waals surface area contributed by atoms with Gasteiger partial charge in [-0.15, -0.1) is 0 Å². The normalized spacial score (nSPS) is 52.7. The molecule has 0 radical (unpaired) electrons. The summed E-state index contributed by atoms with van der Waals surface area (Å²) < 4.78 is 5.52. The first-order chi connectivity index (χ1) is 10.9. The molecular formula is C20H30O3. The van der Waals surface area contributed by atoms with Gasteiger partial charge in [-0.1, -0.05) is 13.8 Å². The van der Waals surface area contributed by atoms with Crippen molar-refractivity contribution in [3.05, 3.63) is 0 Å². The van der Waals surface area contributed by atoms with E-state index in [4.69, 9.17) is 4.74 Å². The number of hydrogen-bond donors (Lipinski definition) is 0. The number of methoxy groups -OCH3 is 1. The highest BCUT2D eigenvalue weighted by Crippen LogP contribution is 2.65. The van der Waals surface area contributed by atoms with E-state index in [9.17, 15) is 9.59 Å². The van der Waals surface area contributed by atoms with Crippen LogP contribution in [0.15, 0.2) is 0 Å². The first-order valence-corrected chi connectivity index (χ1v) is 9.49. The van der Waals surface area contributed by atoms with Gasteiger partial charge in [0.1, 0.15) is 11.9 Å². The number of Topliss-reactive ketones (excluding diaryl/α,β-unsaturated/α-hetero) is 2. The molecule has 0 saturated heterocycles. The van der Waals surface area contributed by atoms with Crippen LogP contribution in [0.25, 0.3) is 0 Å². The second-order valence-corrected chi connectivity index (χ2v) is 9.17. The molecule has 23 heavy (non-hydrogen) atoms. The molecule has 2 unspecified atom stereocenters. The van der Waals surface area contributed by atoms with Gasteiger partial charge < -0.3 is 4.74 Å². The van der Waals surface area contributed by atoms with Crippen molar-refractivity contribution in [2.75, 3.05) is 7.11 Å². The Morgan fingerprint density at radius 2 is 1.83 bits per heavy atom. The SMILES string of the molecule is COC1C[C@@]2(C)C(CC[C@@H]3[C@@H]2CC[C@]2(C)C(=O)CC[C@@H]32)CC1=O. The van der Waals surface area contributed by atoms with Gasteiger partial charge in [0.15, 0.2) is 5.78 Å². The van der Waals surface area contributed by atoms with Crippen LogP contribution in [0.1, 0.15) is 65.2 Å². The van der Waals surface area contributed by atoms with Crippen molar-refractivity contribution in [2.24, 2.45) is 34.5 Å². The summed E-state index contributed by atoms with van der Waals surface area (Å²) >= 11 is 0. The minimum atomic E-state index is -0.200. The summed E-state index contributed by atoms with van der Waals surface area (Å²) in [5.74, 6) is 3.31. The van der Waals surface area contributed by atoms with E-state index in [1.54, 1.807) is 7.11 Å². The lowest BCUT2D eigenvalue weighted by atomic mass is 9.45. The van der Waals surface area contributed by atoms with Crippen molar-refractivity contribution >= 4 is 11.6 Å². The van der Waals surface area contributed by atoms with Crippen LogP contribution in [-0.4, -0.2) is 24.8 Å². The second kappa shape index (κ2) is 5.15. The summed E-state index contributed by atoms with van der Waals surface area (Å²) in [5.41, 5.74) is 0.181. The molecule has 4 aliphatic carbocycles. The predicted octanol–water partition coefficient (Wildman–Crippen LogP) is 3.79. The number of ketones is 2. The van der Waals surface area contributed by atoms with E-state index in [1.165, 1.54) is 19.3 Å². The molecule has 4 aliphatic rings. The summed E-state index contributed by atoms with van der Waals surface area (Å²) in [5, 5.41) is 0. The third-order valence-corrected chi connectivity index (χ3v) is 8.49. The van der Waals surface area contributed by atoms with Crippen molar-refractivity contribution in [1.29, 1.82) is 0 Å². The number of rotatable bonds is 1. The summed E-state index contributed by atoms with van der Waals surface area (Å²) in [6, 6.07) is 0. The van der Waals surface area contributed by atoms with E-state index in [0.717, 1.165) is 25.7 Å². The molecule has 0 aromatic rings. The molecule has 7 atom stereocenters. The van der Waals surface area contributed by atoms with Gasteiger partial charge in [-0.05, 0) is 67.6 Å². The number of hydrogen-bond acceptors (Lipinski definition) is 3. The van der Waals surface area contributed by atoms with Crippen molar-refractivity contribution < 1.29 is 14.3 Å². The molecule has 3 heteroatoms. The van der Waals surface area contributed by atoms with Crippen LogP contribution in [-0.2, 0) is 14.3 Å². The molecule has 4 saturated carbocycles. The lowest BCUT2D eigenvalue weighted by molar-refractivity contribution is -0.158. The summed E-state index contributed by atoms with van der Waals surface area (Å²) in [6.45, 7) is 4.66. The standard InChI is InChI=1S/C20H30O3/c1-19-9-8-15-13(14(19)6-7-18(19)22)5-4-12-10-16(21)17(23-3)11-20(12,15)2/h12-15,17H,4-11H2,1-3H3/t12?,13-,14-,15-,17?,19-,20-/m0/s1. The van der Waals surface area contributed by atoms with E-state index in [-0.39, 0.29) is 16.9 Å². The van der Waals surface area contributed by atoms with Gasteiger partial charge in [-0.2, -0.15) is 0 Å². The van der Waals surface area contributed by atoms with Gasteiger partial charge in [0.2, 0.25) is 0 Å². The molecule has 0 bridgehead atoms. The maximum atomic E-state index is 12.4. The van der Waals surface area contributed by atoms with Crippen molar-refractivity contribution in [3.8, 4) is 0 Å². The zero-order valence-electron chi connectivity index (χ0n) is 14.8. The van der Waals surface area contributed by atoms with Crippen molar-refractivity contribution in [2.45, 2.75) is 71.3 Å². The van der Waals surface area contributed by atoms with Crippen LogP contribution in [0.3, 0.4) is 0 Å². The fourth-order valence-electron chi connectivity index (χ4n) is 7.06. The average Bonchev–Trinajstić information content (AvgIpc) is 2.83. The fourth-order valence-corrected chi connectivity index (χ4v) is 7.06. The molecule has 3 nitrogen and oxygen atoms in total. The molecule has 4 rings (SSSR count). The molecule has 4 fully saturated rings. The number of ether oxygens (including phenoxy) is 1. The molecule has 0 amide bonds. The van der Waals surface area contributed by atoms with Gasteiger partial charge in [0.25, 0.3) is 0 Å². The molecular weight excluding hydrogens is 288 g/mol. The van der Waals surface area contributed by atoms with Crippen LogP contribution in [0.5, 0.6) is 0 Å². The van der Waals surface area contributed by atoms with Crippen molar-refractivity contribution in [3.63, 3.8) is 0 Å². The maximum absolute atomic E-state index is 12.4. The molecule has 0 N–H and O–H groups in total. The smallest absolute Gasteiger partial charge is 0.161 e. The lowest BCUT2D eigenvalue weighted by Crippen LogP contribution is -2.56. The highest BCUT2D eigenvalue weighted by atomic mass is 16.5. The highest BCUT2D eigenvalue weighted by molar-refractivity contribution is 5.87. The summed E-state index contributed by atoms with van der Waals surface area (Å²) in [6.07, 6.45) is 7.92. The molecule has 0 heterocycles. The Bertz CT molecular complexity index is 541. The Labute approximate surface area is 139 Å². The third-order valence-electron chi connectivity index (χ3n) is 8.49. The average molecular weight is 318 g/mol. The number of carbonyl (C=O) groups excluding carboxylic acids is 2. The third kappa shape index (κ3) is 2.04. The monoisotopic (exact) mass is 318 g/mol. The van der Waals surface area contributed by atoms with E-state index in [0.29, 0.717) is 41.7 Å². The maximum Gasteiger partial charge on any atom is 0.161 e. The van der Waals surface area contributed by atoms with Crippen LogP contribution in [0, 0.1) is 34.5 Å². The Hall–Kier alpha value is -0.700. The van der Waals surface area contributed by atoms with Gasteiger partial charge in [-0.25, -0.2) is 0 Å². The quantitative estimate of drug-likeness (QED) is 0.739. The van der Waals surface area contributed by atoms with E-state index < -0.39 is 0 Å².